The number of alkyl halides is 2. The number of carbonyl (C=O) groups excluding carboxylic acids is 1. The lowest BCUT2D eigenvalue weighted by molar-refractivity contribution is -0.121. The molecule has 9 heteroatoms. The first-order valence-electron chi connectivity index (χ1n) is 11.4. The van der Waals surface area contributed by atoms with Gasteiger partial charge in [-0.15, -0.1) is 0 Å². The molecule has 0 aromatic carbocycles. The van der Waals surface area contributed by atoms with E-state index in [-0.39, 0.29) is 11.9 Å². The van der Waals surface area contributed by atoms with Crippen LogP contribution in [-0.2, 0) is 24.2 Å². The van der Waals surface area contributed by atoms with Crippen LogP contribution in [0, 0.1) is 5.92 Å². The minimum Gasteiger partial charge on any atom is -0.464 e. The topological polar surface area (TPSA) is 67.4 Å². The van der Waals surface area contributed by atoms with Crippen molar-refractivity contribution in [3.8, 4) is 5.19 Å². The Morgan fingerprint density at radius 3 is 2.91 bits per heavy atom. The fourth-order valence-corrected chi connectivity index (χ4v) is 5.46. The van der Waals surface area contributed by atoms with Gasteiger partial charge in [0.2, 0.25) is 5.91 Å². The van der Waals surface area contributed by atoms with E-state index in [1.165, 1.54) is 11.3 Å². The van der Waals surface area contributed by atoms with Crippen molar-refractivity contribution in [1.82, 2.24) is 20.2 Å². The number of hydrogen-bond acceptors (Lipinski definition) is 6. The van der Waals surface area contributed by atoms with Crippen molar-refractivity contribution >= 4 is 17.2 Å². The number of nitrogens with zero attached hydrogens (tertiary/aromatic N) is 3. The number of rotatable bonds is 9. The summed E-state index contributed by atoms with van der Waals surface area (Å²) in [5.74, 6) is 0.758. The maximum absolute atomic E-state index is 12.3. The third-order valence-corrected chi connectivity index (χ3v) is 7.34. The molecule has 4 rings (SSSR count). The van der Waals surface area contributed by atoms with Gasteiger partial charge in [-0.3, -0.25) is 14.7 Å². The van der Waals surface area contributed by atoms with Crippen molar-refractivity contribution < 1.29 is 18.3 Å². The first kappa shape index (κ1) is 23.0. The Balaban J connectivity index is 1.14. The van der Waals surface area contributed by atoms with Crippen molar-refractivity contribution in [3.63, 3.8) is 0 Å². The summed E-state index contributed by atoms with van der Waals surface area (Å²) in [6.07, 6.45) is 7.75. The third kappa shape index (κ3) is 6.68. The van der Waals surface area contributed by atoms with Crippen LogP contribution in [0.3, 0.4) is 0 Å². The number of amides is 1. The van der Waals surface area contributed by atoms with Crippen molar-refractivity contribution in [2.75, 3.05) is 19.7 Å². The second kappa shape index (κ2) is 11.1. The van der Waals surface area contributed by atoms with Crippen molar-refractivity contribution in [3.05, 3.63) is 40.7 Å². The first-order valence-corrected chi connectivity index (χ1v) is 12.2. The Morgan fingerprint density at radius 1 is 1.31 bits per heavy atom. The van der Waals surface area contributed by atoms with E-state index in [1.807, 2.05) is 12.1 Å². The van der Waals surface area contributed by atoms with Crippen molar-refractivity contribution in [2.24, 2.45) is 5.92 Å². The van der Waals surface area contributed by atoms with E-state index in [9.17, 15) is 13.6 Å². The van der Waals surface area contributed by atoms with E-state index in [0.29, 0.717) is 17.5 Å². The molecule has 1 N–H and O–H groups in total. The average molecular weight is 465 g/mol. The fourth-order valence-electron chi connectivity index (χ4n) is 4.54. The SMILES string of the molecule is O=C(Cc1cccnc1)NC1CCC(CCN2CCc3sc(OCC(F)F)nc3C2)CC1. The summed E-state index contributed by atoms with van der Waals surface area (Å²) in [6, 6.07) is 4.05. The van der Waals surface area contributed by atoms with Gasteiger partial charge in [-0.1, -0.05) is 17.4 Å². The smallest absolute Gasteiger partial charge is 0.273 e. The van der Waals surface area contributed by atoms with Gasteiger partial charge in [-0.05, 0) is 62.6 Å². The number of hydrogen-bond donors (Lipinski definition) is 1. The second-order valence-corrected chi connectivity index (χ2v) is 9.74. The molecule has 0 spiro atoms. The van der Waals surface area contributed by atoms with E-state index in [4.69, 9.17) is 4.74 Å². The highest BCUT2D eigenvalue weighted by Crippen LogP contribution is 2.31. The van der Waals surface area contributed by atoms with Gasteiger partial charge in [-0.2, -0.15) is 0 Å². The van der Waals surface area contributed by atoms with Crippen LogP contribution in [0.2, 0.25) is 0 Å². The summed E-state index contributed by atoms with van der Waals surface area (Å²) in [6.45, 7) is 2.17. The summed E-state index contributed by atoms with van der Waals surface area (Å²) < 4.78 is 29.8. The van der Waals surface area contributed by atoms with Crippen molar-refractivity contribution in [1.29, 1.82) is 0 Å². The molecule has 0 unspecified atom stereocenters. The quantitative estimate of drug-likeness (QED) is 0.611. The Kier molecular flexibility index (Phi) is 8.02. The van der Waals surface area contributed by atoms with E-state index >= 15 is 0 Å². The molecule has 2 aliphatic rings. The summed E-state index contributed by atoms with van der Waals surface area (Å²) in [4.78, 5) is 24.3. The number of nitrogens with one attached hydrogen (secondary N) is 1. The van der Waals surface area contributed by atoms with Crippen LogP contribution in [0.5, 0.6) is 5.19 Å². The molecule has 1 fully saturated rings. The Bertz CT molecular complexity index is 872. The van der Waals surface area contributed by atoms with Crippen LogP contribution < -0.4 is 10.1 Å². The predicted molar refractivity (Wildman–Crippen MR) is 119 cm³/mol. The molecule has 0 saturated heterocycles. The van der Waals surface area contributed by atoms with Crippen LogP contribution in [0.1, 0.15) is 48.2 Å². The molecule has 1 saturated carbocycles. The minimum atomic E-state index is -2.48. The molecule has 2 aromatic rings. The van der Waals surface area contributed by atoms with E-state index in [1.54, 1.807) is 12.4 Å². The van der Waals surface area contributed by atoms with Crippen LogP contribution in [-0.4, -0.2) is 52.9 Å². The third-order valence-electron chi connectivity index (χ3n) is 6.27. The number of ether oxygens (including phenoxy) is 1. The van der Waals surface area contributed by atoms with E-state index < -0.39 is 13.0 Å². The molecule has 6 nitrogen and oxygen atoms in total. The normalized spacial score (nSPS) is 21.3. The zero-order valence-corrected chi connectivity index (χ0v) is 19.0. The number of pyridine rings is 1. The van der Waals surface area contributed by atoms with Gasteiger partial charge in [-0.25, -0.2) is 13.8 Å². The highest BCUT2D eigenvalue weighted by atomic mass is 32.1. The van der Waals surface area contributed by atoms with Gasteiger partial charge < -0.3 is 10.1 Å². The highest BCUT2D eigenvalue weighted by molar-refractivity contribution is 7.13. The summed E-state index contributed by atoms with van der Waals surface area (Å²) in [5, 5.41) is 3.54. The van der Waals surface area contributed by atoms with Gasteiger partial charge in [0.15, 0.2) is 6.61 Å². The van der Waals surface area contributed by atoms with Gasteiger partial charge in [0, 0.05) is 36.4 Å². The van der Waals surface area contributed by atoms with Gasteiger partial charge in [0.25, 0.3) is 11.6 Å². The van der Waals surface area contributed by atoms with Crippen LogP contribution in [0.4, 0.5) is 8.78 Å². The lowest BCUT2D eigenvalue weighted by atomic mass is 9.84. The molecular formula is C23H30F2N4O2S. The van der Waals surface area contributed by atoms with Crippen LogP contribution in [0.25, 0.3) is 0 Å². The summed E-state index contributed by atoms with van der Waals surface area (Å²) in [7, 11) is 0. The molecule has 0 atom stereocenters. The van der Waals surface area contributed by atoms with Gasteiger partial charge in [0.1, 0.15) is 0 Å². The molecule has 3 heterocycles. The molecule has 0 radical (unpaired) electrons. The monoisotopic (exact) mass is 464 g/mol. The second-order valence-electron chi connectivity index (χ2n) is 8.69. The summed E-state index contributed by atoms with van der Waals surface area (Å²) in [5.41, 5.74) is 1.92. The Hall–Kier alpha value is -2.13. The number of aromatic nitrogens is 2. The molecular weight excluding hydrogens is 434 g/mol. The molecule has 1 aliphatic carbocycles. The maximum atomic E-state index is 12.3. The molecule has 2 aromatic heterocycles. The number of halogens is 2. The van der Waals surface area contributed by atoms with Crippen LogP contribution in [0.15, 0.2) is 24.5 Å². The predicted octanol–water partition coefficient (Wildman–Crippen LogP) is 3.85. The fraction of sp³-hybridized carbons (Fsp3) is 0.609. The van der Waals surface area contributed by atoms with E-state index in [0.717, 1.165) is 74.3 Å². The molecule has 1 amide bonds. The van der Waals surface area contributed by atoms with Gasteiger partial charge >= 0.3 is 0 Å². The summed E-state index contributed by atoms with van der Waals surface area (Å²) >= 11 is 1.40. The first-order chi connectivity index (χ1) is 15.5. The lowest BCUT2D eigenvalue weighted by Crippen LogP contribution is -2.39. The molecule has 1 aliphatic heterocycles. The van der Waals surface area contributed by atoms with Gasteiger partial charge in [0.05, 0.1) is 12.1 Å². The van der Waals surface area contributed by atoms with Crippen molar-refractivity contribution in [2.45, 2.75) is 64.0 Å². The minimum absolute atomic E-state index is 0.0748. The molecule has 32 heavy (non-hydrogen) atoms. The number of fused-ring (bicyclic) bond motifs is 1. The Morgan fingerprint density at radius 2 is 2.16 bits per heavy atom. The average Bonchev–Trinajstić information content (AvgIpc) is 3.20. The number of carbonyl (C=O) groups is 1. The molecule has 174 valence electrons. The number of thiazole rings is 1. The lowest BCUT2D eigenvalue weighted by Gasteiger charge is -2.32. The highest BCUT2D eigenvalue weighted by Gasteiger charge is 2.25. The standard InChI is InChI=1S/C23H30F2N4O2S/c24-21(25)15-31-23-28-19-14-29(11-8-20(19)32-23)10-7-16-3-5-18(6-4-16)27-22(30)12-17-2-1-9-26-13-17/h1-2,9,13,16,18,21H,3-8,10-12,14-15H2,(H,27,30). The Labute approximate surface area is 191 Å². The largest absolute Gasteiger partial charge is 0.464 e. The zero-order valence-electron chi connectivity index (χ0n) is 18.1. The van der Waals surface area contributed by atoms with Crippen LogP contribution >= 0.6 is 11.3 Å². The molecule has 0 bridgehead atoms. The van der Waals surface area contributed by atoms with E-state index in [2.05, 4.69) is 20.2 Å². The zero-order chi connectivity index (χ0) is 22.3. The maximum Gasteiger partial charge on any atom is 0.273 e.